The fourth-order valence-electron chi connectivity index (χ4n) is 1.87. The maximum Gasteiger partial charge on any atom is 0.333 e. The van der Waals surface area contributed by atoms with Crippen LogP contribution in [0.5, 0.6) is 0 Å². The van der Waals surface area contributed by atoms with Gasteiger partial charge in [-0.15, -0.1) is 0 Å². The zero-order valence-corrected chi connectivity index (χ0v) is 16.3. The van der Waals surface area contributed by atoms with E-state index in [4.69, 9.17) is 15.2 Å². The number of anilines is 1. The summed E-state index contributed by atoms with van der Waals surface area (Å²) in [6, 6.07) is 5.68. The normalized spacial score (nSPS) is 11.1. The molecule has 0 aromatic heterocycles. The van der Waals surface area contributed by atoms with E-state index in [1.165, 1.54) is 38.1 Å². The van der Waals surface area contributed by atoms with Gasteiger partial charge in [0.1, 0.15) is 13.2 Å². The van der Waals surface area contributed by atoms with E-state index >= 15 is 0 Å². The average Bonchev–Trinajstić information content (AvgIpc) is 2.60. The Kier molecular flexibility index (Phi) is 8.20. The van der Waals surface area contributed by atoms with Gasteiger partial charge in [0, 0.05) is 29.9 Å². The molecule has 0 unspecified atom stereocenters. The first-order chi connectivity index (χ1) is 12.6. The van der Waals surface area contributed by atoms with Gasteiger partial charge in [0.2, 0.25) is 10.0 Å². The summed E-state index contributed by atoms with van der Waals surface area (Å²) in [5.74, 6) is -1.23. The van der Waals surface area contributed by atoms with Crippen molar-refractivity contribution >= 4 is 27.6 Å². The number of carbonyl (C=O) groups is 2. The summed E-state index contributed by atoms with van der Waals surface area (Å²) < 4.78 is 36.7. The molecule has 0 spiro atoms. The Morgan fingerprint density at radius 2 is 1.37 bits per heavy atom. The van der Waals surface area contributed by atoms with Gasteiger partial charge >= 0.3 is 11.9 Å². The van der Waals surface area contributed by atoms with Crippen molar-refractivity contribution in [3.63, 3.8) is 0 Å². The van der Waals surface area contributed by atoms with E-state index in [2.05, 4.69) is 13.2 Å². The van der Waals surface area contributed by atoms with Crippen LogP contribution in [0.4, 0.5) is 5.69 Å². The van der Waals surface area contributed by atoms with Crippen LogP contribution < -0.4 is 5.73 Å². The summed E-state index contributed by atoms with van der Waals surface area (Å²) >= 11 is 0. The molecule has 0 saturated heterocycles. The number of nitrogens with zero attached hydrogens (tertiary/aromatic N) is 1. The number of hydrogen-bond donors (Lipinski definition) is 1. The third kappa shape index (κ3) is 6.87. The molecule has 0 aliphatic heterocycles. The Hall–Kier alpha value is -2.65. The number of nitrogens with two attached hydrogens (primary N) is 1. The number of nitrogen functional groups attached to an aromatic ring is 1. The van der Waals surface area contributed by atoms with E-state index < -0.39 is 22.0 Å². The van der Waals surface area contributed by atoms with Crippen LogP contribution in [0.2, 0.25) is 0 Å². The number of sulfonamides is 1. The molecule has 1 rings (SSSR count). The van der Waals surface area contributed by atoms with Crippen LogP contribution in [0.15, 0.2) is 53.5 Å². The van der Waals surface area contributed by atoms with E-state index in [0.717, 1.165) is 4.31 Å². The molecule has 9 heteroatoms. The van der Waals surface area contributed by atoms with Crippen LogP contribution >= 0.6 is 0 Å². The van der Waals surface area contributed by atoms with E-state index in [9.17, 15) is 18.0 Å². The van der Waals surface area contributed by atoms with Crippen molar-refractivity contribution in [2.24, 2.45) is 0 Å². The minimum atomic E-state index is -3.90. The lowest BCUT2D eigenvalue weighted by atomic mass is 10.3. The molecular formula is C18H24N2O6S. The monoisotopic (exact) mass is 396 g/mol. The van der Waals surface area contributed by atoms with Crippen molar-refractivity contribution in [2.75, 3.05) is 32.0 Å². The van der Waals surface area contributed by atoms with Crippen molar-refractivity contribution < 1.29 is 27.5 Å². The summed E-state index contributed by atoms with van der Waals surface area (Å²) in [4.78, 5) is 23.0. The van der Waals surface area contributed by atoms with Gasteiger partial charge < -0.3 is 15.2 Å². The first kappa shape index (κ1) is 22.4. The fraction of sp³-hybridized carbons (Fsp3) is 0.333. The number of ether oxygens (including phenoxy) is 2. The molecular weight excluding hydrogens is 372 g/mol. The first-order valence-electron chi connectivity index (χ1n) is 8.06. The summed E-state index contributed by atoms with van der Waals surface area (Å²) in [5.41, 5.74) is 6.43. The molecule has 0 atom stereocenters. The molecule has 27 heavy (non-hydrogen) atoms. The molecule has 0 aliphatic rings. The molecule has 0 saturated carbocycles. The highest BCUT2D eigenvalue weighted by Gasteiger charge is 2.25. The molecule has 0 radical (unpaired) electrons. The predicted molar refractivity (Wildman–Crippen MR) is 101 cm³/mol. The van der Waals surface area contributed by atoms with E-state index in [1.807, 2.05) is 0 Å². The quantitative estimate of drug-likeness (QED) is 0.362. The van der Waals surface area contributed by atoms with Crippen molar-refractivity contribution in [3.8, 4) is 0 Å². The number of hydrogen-bond acceptors (Lipinski definition) is 7. The number of rotatable bonds is 10. The number of esters is 2. The third-order valence-corrected chi connectivity index (χ3v) is 5.28. The van der Waals surface area contributed by atoms with Crippen molar-refractivity contribution in [3.05, 3.63) is 48.6 Å². The maximum atomic E-state index is 12.8. The van der Waals surface area contributed by atoms with Crippen LogP contribution in [0.25, 0.3) is 0 Å². The summed E-state index contributed by atoms with van der Waals surface area (Å²) in [6.45, 7) is 9.32. The van der Waals surface area contributed by atoms with Crippen molar-refractivity contribution in [2.45, 2.75) is 18.7 Å². The molecule has 0 heterocycles. The van der Waals surface area contributed by atoms with Crippen LogP contribution in [0, 0.1) is 0 Å². The molecule has 148 valence electrons. The van der Waals surface area contributed by atoms with Gasteiger partial charge in [0.25, 0.3) is 0 Å². The zero-order chi connectivity index (χ0) is 20.6. The zero-order valence-electron chi connectivity index (χ0n) is 15.4. The van der Waals surface area contributed by atoms with Crippen LogP contribution in [-0.2, 0) is 29.1 Å². The Balaban J connectivity index is 2.89. The van der Waals surface area contributed by atoms with Crippen LogP contribution in [-0.4, -0.2) is 51.0 Å². The highest BCUT2D eigenvalue weighted by atomic mass is 32.2. The van der Waals surface area contributed by atoms with Gasteiger partial charge in [0.05, 0.1) is 4.90 Å². The molecule has 1 aromatic carbocycles. The highest BCUT2D eigenvalue weighted by Crippen LogP contribution is 2.17. The summed E-state index contributed by atoms with van der Waals surface area (Å²) in [5, 5.41) is 0. The van der Waals surface area contributed by atoms with Gasteiger partial charge in [-0.3, -0.25) is 0 Å². The van der Waals surface area contributed by atoms with Gasteiger partial charge in [-0.25, -0.2) is 18.0 Å². The lowest BCUT2D eigenvalue weighted by Gasteiger charge is -2.22. The van der Waals surface area contributed by atoms with Crippen molar-refractivity contribution in [1.29, 1.82) is 0 Å². The lowest BCUT2D eigenvalue weighted by Crippen LogP contribution is -2.37. The lowest BCUT2D eigenvalue weighted by molar-refractivity contribution is -0.139. The number of benzene rings is 1. The van der Waals surface area contributed by atoms with Gasteiger partial charge in [-0.05, 0) is 38.1 Å². The van der Waals surface area contributed by atoms with Gasteiger partial charge in [-0.1, -0.05) is 13.2 Å². The Morgan fingerprint density at radius 1 is 0.963 bits per heavy atom. The maximum absolute atomic E-state index is 12.8. The second-order valence-electron chi connectivity index (χ2n) is 5.81. The Bertz CT molecular complexity index is 783. The largest absolute Gasteiger partial charge is 0.461 e. The molecule has 0 amide bonds. The summed E-state index contributed by atoms with van der Waals surface area (Å²) in [6.07, 6.45) is 0. The minimum Gasteiger partial charge on any atom is -0.461 e. The molecule has 0 bridgehead atoms. The molecule has 8 nitrogen and oxygen atoms in total. The standard InChI is InChI=1S/C18H24N2O6S/c1-13(2)17(21)25-11-9-20(10-12-26-18(22)14(3)4)27(23,24)16-7-5-15(19)6-8-16/h5-8H,1,3,9-12,19H2,2,4H3. The van der Waals surface area contributed by atoms with E-state index in [1.54, 1.807) is 0 Å². The van der Waals surface area contributed by atoms with Gasteiger partial charge in [0.15, 0.2) is 0 Å². The molecule has 0 fully saturated rings. The first-order valence-corrected chi connectivity index (χ1v) is 9.50. The van der Waals surface area contributed by atoms with Crippen molar-refractivity contribution in [1.82, 2.24) is 4.31 Å². The topological polar surface area (TPSA) is 116 Å². The fourth-order valence-corrected chi connectivity index (χ4v) is 3.28. The van der Waals surface area contributed by atoms with E-state index in [0.29, 0.717) is 5.69 Å². The van der Waals surface area contributed by atoms with Crippen LogP contribution in [0.1, 0.15) is 13.8 Å². The Morgan fingerprint density at radius 3 is 1.74 bits per heavy atom. The summed E-state index contributed by atoms with van der Waals surface area (Å²) in [7, 11) is -3.90. The second kappa shape index (κ2) is 9.89. The third-order valence-electron chi connectivity index (χ3n) is 3.36. The minimum absolute atomic E-state index is 0.0224. The second-order valence-corrected chi connectivity index (χ2v) is 7.74. The molecule has 0 aliphatic carbocycles. The highest BCUT2D eigenvalue weighted by molar-refractivity contribution is 7.89. The molecule has 1 aromatic rings. The average molecular weight is 396 g/mol. The Labute approximate surface area is 159 Å². The number of carbonyl (C=O) groups excluding carboxylic acids is 2. The smallest absolute Gasteiger partial charge is 0.333 e. The predicted octanol–water partition coefficient (Wildman–Crippen LogP) is 1.50. The van der Waals surface area contributed by atoms with Gasteiger partial charge in [-0.2, -0.15) is 4.31 Å². The van der Waals surface area contributed by atoms with E-state index in [-0.39, 0.29) is 42.3 Å². The van der Waals surface area contributed by atoms with Crippen LogP contribution in [0.3, 0.4) is 0 Å². The molecule has 2 N–H and O–H groups in total. The SMILES string of the molecule is C=C(C)C(=O)OCCN(CCOC(=O)C(=C)C)S(=O)(=O)c1ccc(N)cc1.